The van der Waals surface area contributed by atoms with E-state index in [1.807, 2.05) is 6.92 Å². The summed E-state index contributed by atoms with van der Waals surface area (Å²) in [5.74, 6) is -0.604. The van der Waals surface area contributed by atoms with Gasteiger partial charge in [0.1, 0.15) is 0 Å². The molecule has 25 heavy (non-hydrogen) atoms. The third kappa shape index (κ3) is 3.15. The van der Waals surface area contributed by atoms with Gasteiger partial charge in [0.05, 0.1) is 21.8 Å². The molecule has 4 nitrogen and oxygen atoms in total. The second-order valence-corrected chi connectivity index (χ2v) is 5.89. The highest BCUT2D eigenvalue weighted by atomic mass is 35.5. The van der Waals surface area contributed by atoms with Gasteiger partial charge < -0.3 is 10.4 Å². The lowest BCUT2D eigenvalue weighted by Crippen LogP contribution is -2.19. The number of nitrogens with zero attached hydrogens (tertiary/aromatic N) is 1. The maximum Gasteiger partial charge on any atom is 0.417 e. The van der Waals surface area contributed by atoms with Crippen LogP contribution in [0.3, 0.4) is 0 Å². The number of rotatable bonds is 1. The summed E-state index contributed by atoms with van der Waals surface area (Å²) in [7, 11) is 0. The van der Waals surface area contributed by atoms with Gasteiger partial charge in [0.25, 0.3) is 0 Å². The molecule has 0 atom stereocenters. The van der Waals surface area contributed by atoms with E-state index in [-0.39, 0.29) is 21.6 Å². The van der Waals surface area contributed by atoms with Gasteiger partial charge in [-0.05, 0) is 36.8 Å². The number of aromatic nitrogens is 1. The first-order valence-electron chi connectivity index (χ1n) is 7.16. The Morgan fingerprint density at radius 2 is 1.92 bits per heavy atom. The zero-order valence-corrected chi connectivity index (χ0v) is 13.6. The Morgan fingerprint density at radius 1 is 1.20 bits per heavy atom. The van der Waals surface area contributed by atoms with Gasteiger partial charge in [0.15, 0.2) is 5.88 Å². The van der Waals surface area contributed by atoms with E-state index in [0.717, 1.165) is 22.3 Å². The summed E-state index contributed by atoms with van der Waals surface area (Å²) < 4.78 is 40.0. The molecule has 0 aliphatic heterocycles. The first-order chi connectivity index (χ1) is 11.7. The fraction of sp³-hybridized carbons (Fsp3) is 0.118. The third-order valence-corrected chi connectivity index (χ3v) is 4.01. The van der Waals surface area contributed by atoms with Crippen molar-refractivity contribution in [2.45, 2.75) is 13.1 Å². The highest BCUT2D eigenvalue weighted by molar-refractivity contribution is 6.33. The minimum atomic E-state index is -4.60. The molecule has 0 saturated carbocycles. The Bertz CT molecular complexity index is 980. The molecule has 130 valence electrons. The van der Waals surface area contributed by atoms with Gasteiger partial charge in [-0.2, -0.15) is 13.2 Å². The van der Waals surface area contributed by atoms with Crippen LogP contribution in [0.2, 0.25) is 5.02 Å². The van der Waals surface area contributed by atoms with Crippen molar-refractivity contribution in [2.24, 2.45) is 0 Å². The molecule has 0 unspecified atom stereocenters. The van der Waals surface area contributed by atoms with Crippen LogP contribution in [0.15, 0.2) is 42.5 Å². The first kappa shape index (κ1) is 17.2. The number of halogens is 4. The monoisotopic (exact) mass is 368 g/mol. The topological polar surface area (TPSA) is 54.3 Å². The van der Waals surface area contributed by atoms with Crippen molar-refractivity contribution in [1.82, 2.24) is 4.57 Å². The highest BCUT2D eigenvalue weighted by Crippen LogP contribution is 2.37. The molecule has 0 aliphatic rings. The van der Waals surface area contributed by atoms with E-state index in [9.17, 15) is 23.1 Å². The molecule has 0 bridgehead atoms. The molecular weight excluding hydrogens is 357 g/mol. The van der Waals surface area contributed by atoms with Crippen molar-refractivity contribution in [1.29, 1.82) is 0 Å². The average molecular weight is 369 g/mol. The number of carbonyl (C=O) groups is 1. The summed E-state index contributed by atoms with van der Waals surface area (Å²) >= 11 is 6.04. The highest BCUT2D eigenvalue weighted by Gasteiger charge is 2.34. The van der Waals surface area contributed by atoms with Crippen LogP contribution in [0.1, 0.15) is 11.1 Å². The van der Waals surface area contributed by atoms with Crippen LogP contribution < -0.4 is 5.32 Å². The molecule has 8 heteroatoms. The summed E-state index contributed by atoms with van der Waals surface area (Å²) in [6, 6.07) is 8.39. The van der Waals surface area contributed by atoms with Crippen molar-refractivity contribution in [3.05, 3.63) is 58.6 Å². The number of nitrogens with one attached hydrogen (secondary N) is 1. The lowest BCUT2D eigenvalue weighted by atomic mass is 10.1. The molecule has 0 spiro atoms. The number of carbonyl (C=O) groups excluding carboxylic acids is 1. The fourth-order valence-electron chi connectivity index (χ4n) is 2.57. The normalized spacial score (nSPS) is 11.7. The van der Waals surface area contributed by atoms with Gasteiger partial charge in [0, 0.05) is 11.5 Å². The standard InChI is InChI=1S/C17H12ClF3N2O2/c1-9-5-6-13(12(18)7-9)22-16(25)23-14-4-2-3-11(17(19,20)21)10(14)8-15(23)24/h2-8,24H,1H3,(H,22,25). The van der Waals surface area contributed by atoms with Gasteiger partial charge in [-0.1, -0.05) is 23.7 Å². The molecule has 0 fully saturated rings. The van der Waals surface area contributed by atoms with E-state index >= 15 is 0 Å². The Labute approximate surface area is 145 Å². The van der Waals surface area contributed by atoms with Crippen molar-refractivity contribution >= 4 is 34.2 Å². The number of alkyl halides is 3. The number of aromatic hydroxyl groups is 1. The SMILES string of the molecule is Cc1ccc(NC(=O)n2c(O)cc3c(C(F)(F)F)cccc32)c(Cl)c1. The van der Waals surface area contributed by atoms with Crippen molar-refractivity contribution in [3.8, 4) is 5.88 Å². The van der Waals surface area contributed by atoms with Crippen LogP contribution in [-0.2, 0) is 6.18 Å². The van der Waals surface area contributed by atoms with E-state index in [4.69, 9.17) is 11.6 Å². The molecule has 2 aromatic carbocycles. The van der Waals surface area contributed by atoms with Crippen molar-refractivity contribution < 1.29 is 23.1 Å². The zero-order chi connectivity index (χ0) is 18.4. The van der Waals surface area contributed by atoms with Crippen LogP contribution in [0.4, 0.5) is 23.7 Å². The summed E-state index contributed by atoms with van der Waals surface area (Å²) in [5, 5.41) is 12.5. The molecule has 0 radical (unpaired) electrons. The predicted octanol–water partition coefficient (Wildman–Crippen LogP) is 5.41. The number of benzene rings is 2. The summed E-state index contributed by atoms with van der Waals surface area (Å²) in [6.45, 7) is 1.82. The molecule has 0 saturated heterocycles. The third-order valence-electron chi connectivity index (χ3n) is 3.70. The van der Waals surface area contributed by atoms with E-state index in [2.05, 4.69) is 5.32 Å². The first-order valence-corrected chi connectivity index (χ1v) is 7.54. The Kier molecular flexibility index (Phi) is 4.12. The Hall–Kier alpha value is -2.67. The smallest absolute Gasteiger partial charge is 0.417 e. The molecule has 3 aromatic rings. The number of fused-ring (bicyclic) bond motifs is 1. The fourth-order valence-corrected chi connectivity index (χ4v) is 2.85. The number of amides is 1. The van der Waals surface area contributed by atoms with Gasteiger partial charge in [0.2, 0.25) is 0 Å². The maximum absolute atomic E-state index is 13.1. The van der Waals surface area contributed by atoms with Gasteiger partial charge in [-0.25, -0.2) is 9.36 Å². The van der Waals surface area contributed by atoms with E-state index < -0.39 is 23.7 Å². The molecule has 1 heterocycles. The van der Waals surface area contributed by atoms with Crippen LogP contribution in [-0.4, -0.2) is 15.7 Å². The second-order valence-electron chi connectivity index (χ2n) is 5.49. The minimum absolute atomic E-state index is 0.0620. The molecule has 2 N–H and O–H groups in total. The molecule has 3 rings (SSSR count). The van der Waals surface area contributed by atoms with E-state index in [0.29, 0.717) is 0 Å². The van der Waals surface area contributed by atoms with Crippen LogP contribution in [0.5, 0.6) is 5.88 Å². The Morgan fingerprint density at radius 3 is 2.56 bits per heavy atom. The summed E-state index contributed by atoms with van der Waals surface area (Å²) in [6.07, 6.45) is -4.60. The van der Waals surface area contributed by atoms with Gasteiger partial charge in [-0.15, -0.1) is 0 Å². The van der Waals surface area contributed by atoms with Crippen LogP contribution >= 0.6 is 11.6 Å². The minimum Gasteiger partial charge on any atom is -0.494 e. The molecule has 0 aliphatic carbocycles. The maximum atomic E-state index is 13.1. The van der Waals surface area contributed by atoms with Crippen LogP contribution in [0.25, 0.3) is 10.9 Å². The number of hydrogen-bond donors (Lipinski definition) is 2. The lowest BCUT2D eigenvalue weighted by Gasteiger charge is -2.11. The summed E-state index contributed by atoms with van der Waals surface area (Å²) in [5.41, 5.74) is 0.172. The van der Waals surface area contributed by atoms with Crippen molar-refractivity contribution in [3.63, 3.8) is 0 Å². The lowest BCUT2D eigenvalue weighted by molar-refractivity contribution is -0.136. The molecule has 1 amide bonds. The molecule has 1 aromatic heterocycles. The number of anilines is 1. The summed E-state index contributed by atoms with van der Waals surface area (Å²) in [4.78, 5) is 12.5. The van der Waals surface area contributed by atoms with Crippen molar-refractivity contribution in [2.75, 3.05) is 5.32 Å². The number of hydrogen-bond acceptors (Lipinski definition) is 2. The Balaban J connectivity index is 2.06. The quantitative estimate of drug-likeness (QED) is 0.603. The molecular formula is C17H12ClF3N2O2. The van der Waals surface area contributed by atoms with E-state index in [1.54, 1.807) is 18.2 Å². The van der Waals surface area contributed by atoms with Gasteiger partial charge in [-0.3, -0.25) is 0 Å². The van der Waals surface area contributed by atoms with E-state index in [1.165, 1.54) is 12.1 Å². The predicted molar refractivity (Wildman–Crippen MR) is 89.2 cm³/mol. The second kappa shape index (κ2) is 6.00. The zero-order valence-electron chi connectivity index (χ0n) is 12.9. The average Bonchev–Trinajstić information content (AvgIpc) is 2.84. The van der Waals surface area contributed by atoms with Crippen LogP contribution in [0, 0.1) is 6.92 Å². The van der Waals surface area contributed by atoms with Gasteiger partial charge >= 0.3 is 12.2 Å². The largest absolute Gasteiger partial charge is 0.494 e. The number of aryl methyl sites for hydroxylation is 1.